The van der Waals surface area contributed by atoms with Gasteiger partial charge in [0.1, 0.15) is 0 Å². The highest BCUT2D eigenvalue weighted by Crippen LogP contribution is 2.26. The van der Waals surface area contributed by atoms with Crippen LogP contribution in [-0.4, -0.2) is 0 Å². The van der Waals surface area contributed by atoms with E-state index in [-0.39, 0.29) is 6.04 Å². The molecule has 0 fully saturated rings. The van der Waals surface area contributed by atoms with E-state index in [9.17, 15) is 0 Å². The number of hydrazine groups is 1. The van der Waals surface area contributed by atoms with E-state index >= 15 is 0 Å². The average Bonchev–Trinajstić information content (AvgIpc) is 2.29. The standard InChI is InChI=1S/C12H16ClIN2/c1-3-8(2)6-12(16-15)9-4-5-11(14)10(13)7-9/h4-5,7,12,16H,2-3,6,15H2,1H3. The van der Waals surface area contributed by atoms with E-state index in [1.807, 2.05) is 18.2 Å². The number of halogens is 2. The van der Waals surface area contributed by atoms with Crippen LogP contribution in [-0.2, 0) is 0 Å². The van der Waals surface area contributed by atoms with Crippen molar-refractivity contribution in [1.82, 2.24) is 5.43 Å². The molecule has 4 heteroatoms. The molecule has 0 aliphatic heterocycles. The second-order valence-corrected chi connectivity index (χ2v) is 5.27. The van der Waals surface area contributed by atoms with Crippen molar-refractivity contribution in [3.8, 4) is 0 Å². The van der Waals surface area contributed by atoms with Gasteiger partial charge in [0.15, 0.2) is 0 Å². The largest absolute Gasteiger partial charge is 0.271 e. The van der Waals surface area contributed by atoms with E-state index in [4.69, 9.17) is 17.4 Å². The highest BCUT2D eigenvalue weighted by atomic mass is 127. The zero-order valence-corrected chi connectivity index (χ0v) is 12.2. The van der Waals surface area contributed by atoms with Gasteiger partial charge >= 0.3 is 0 Å². The smallest absolute Gasteiger partial charge is 0.0542 e. The molecule has 16 heavy (non-hydrogen) atoms. The van der Waals surface area contributed by atoms with E-state index in [0.29, 0.717) is 0 Å². The van der Waals surface area contributed by atoms with Crippen LogP contribution < -0.4 is 11.3 Å². The third kappa shape index (κ3) is 3.73. The third-order valence-electron chi connectivity index (χ3n) is 2.54. The molecule has 0 aliphatic rings. The van der Waals surface area contributed by atoms with Crippen molar-refractivity contribution in [2.45, 2.75) is 25.8 Å². The number of nitrogens with two attached hydrogens (primary N) is 1. The molecule has 1 unspecified atom stereocenters. The zero-order valence-electron chi connectivity index (χ0n) is 9.26. The fraction of sp³-hybridized carbons (Fsp3) is 0.333. The summed E-state index contributed by atoms with van der Waals surface area (Å²) in [7, 11) is 0. The van der Waals surface area contributed by atoms with Gasteiger partial charge in [0.25, 0.3) is 0 Å². The Bertz CT molecular complexity index is 379. The summed E-state index contributed by atoms with van der Waals surface area (Å²) in [6.07, 6.45) is 1.81. The van der Waals surface area contributed by atoms with Gasteiger partial charge in [-0.05, 0) is 53.1 Å². The molecule has 1 atom stereocenters. The van der Waals surface area contributed by atoms with Gasteiger partial charge in [-0.15, -0.1) is 0 Å². The molecule has 0 bridgehead atoms. The summed E-state index contributed by atoms with van der Waals surface area (Å²) in [5, 5.41) is 0.764. The van der Waals surface area contributed by atoms with Crippen molar-refractivity contribution >= 4 is 34.2 Å². The van der Waals surface area contributed by atoms with Crippen LogP contribution in [0.1, 0.15) is 31.4 Å². The molecule has 0 saturated heterocycles. The molecule has 2 nitrogen and oxygen atoms in total. The summed E-state index contributed by atoms with van der Waals surface area (Å²) in [4.78, 5) is 0. The molecular formula is C12H16ClIN2. The molecule has 3 N–H and O–H groups in total. The lowest BCUT2D eigenvalue weighted by Crippen LogP contribution is -2.28. The van der Waals surface area contributed by atoms with E-state index in [1.165, 1.54) is 5.57 Å². The molecule has 1 aromatic rings. The second-order valence-electron chi connectivity index (χ2n) is 3.70. The van der Waals surface area contributed by atoms with Crippen molar-refractivity contribution < 1.29 is 0 Å². The van der Waals surface area contributed by atoms with Crippen molar-refractivity contribution in [2.24, 2.45) is 5.84 Å². The zero-order chi connectivity index (χ0) is 12.1. The predicted molar refractivity (Wildman–Crippen MR) is 78.3 cm³/mol. The van der Waals surface area contributed by atoms with Crippen LogP contribution in [0.2, 0.25) is 5.02 Å². The first-order valence-corrected chi connectivity index (χ1v) is 6.61. The van der Waals surface area contributed by atoms with E-state index in [2.05, 4.69) is 41.5 Å². The fourth-order valence-corrected chi connectivity index (χ4v) is 1.96. The maximum atomic E-state index is 6.09. The molecule has 1 rings (SSSR count). The van der Waals surface area contributed by atoms with Crippen LogP contribution >= 0.6 is 34.2 Å². The summed E-state index contributed by atoms with van der Waals surface area (Å²) in [6.45, 7) is 6.09. The fourth-order valence-electron chi connectivity index (χ4n) is 1.44. The predicted octanol–water partition coefficient (Wildman–Crippen LogP) is 3.81. The Morgan fingerprint density at radius 1 is 1.62 bits per heavy atom. The maximum absolute atomic E-state index is 6.09. The van der Waals surface area contributed by atoms with Crippen molar-refractivity contribution in [3.05, 3.63) is 44.5 Å². The summed E-state index contributed by atoms with van der Waals surface area (Å²) >= 11 is 8.29. The summed E-state index contributed by atoms with van der Waals surface area (Å²) < 4.78 is 1.05. The Hall–Kier alpha value is -0.100. The van der Waals surface area contributed by atoms with Gasteiger partial charge < -0.3 is 0 Å². The SMILES string of the molecule is C=C(CC)CC(NN)c1ccc(I)c(Cl)c1. The van der Waals surface area contributed by atoms with Gasteiger partial charge in [0, 0.05) is 9.61 Å². The monoisotopic (exact) mass is 350 g/mol. The number of hydrogen-bond acceptors (Lipinski definition) is 2. The maximum Gasteiger partial charge on any atom is 0.0542 e. The van der Waals surface area contributed by atoms with Gasteiger partial charge in [-0.25, -0.2) is 0 Å². The Kier molecular flexibility index (Phi) is 5.75. The normalized spacial score (nSPS) is 12.5. The quantitative estimate of drug-likeness (QED) is 0.367. The molecule has 1 aromatic carbocycles. The Labute approximate surface area is 115 Å². The first-order valence-electron chi connectivity index (χ1n) is 5.16. The third-order valence-corrected chi connectivity index (χ3v) is 4.11. The van der Waals surface area contributed by atoms with Crippen LogP contribution in [0, 0.1) is 3.57 Å². The molecular weight excluding hydrogens is 335 g/mol. The summed E-state index contributed by atoms with van der Waals surface area (Å²) in [6, 6.07) is 6.08. The Balaban J connectivity index is 2.86. The van der Waals surface area contributed by atoms with Gasteiger partial charge in [0.2, 0.25) is 0 Å². The Morgan fingerprint density at radius 2 is 2.31 bits per heavy atom. The molecule has 0 heterocycles. The topological polar surface area (TPSA) is 38.0 Å². The first-order chi connectivity index (χ1) is 7.58. The molecule has 0 aliphatic carbocycles. The van der Waals surface area contributed by atoms with Gasteiger partial charge in [-0.2, -0.15) is 0 Å². The van der Waals surface area contributed by atoms with E-state index in [1.54, 1.807) is 0 Å². The second kappa shape index (κ2) is 6.59. The van der Waals surface area contributed by atoms with Gasteiger partial charge in [-0.1, -0.05) is 36.7 Å². The highest BCUT2D eigenvalue weighted by molar-refractivity contribution is 14.1. The van der Waals surface area contributed by atoms with Crippen LogP contribution in [0.15, 0.2) is 30.4 Å². The number of rotatable bonds is 5. The van der Waals surface area contributed by atoms with E-state index in [0.717, 1.165) is 27.0 Å². The van der Waals surface area contributed by atoms with Crippen LogP contribution in [0.4, 0.5) is 0 Å². The summed E-state index contributed by atoms with van der Waals surface area (Å²) in [5.74, 6) is 5.56. The Morgan fingerprint density at radius 3 is 2.81 bits per heavy atom. The van der Waals surface area contributed by atoms with E-state index < -0.39 is 0 Å². The number of hydrogen-bond donors (Lipinski definition) is 2. The molecule has 0 saturated carbocycles. The van der Waals surface area contributed by atoms with Crippen LogP contribution in [0.5, 0.6) is 0 Å². The molecule has 0 radical (unpaired) electrons. The summed E-state index contributed by atoms with van der Waals surface area (Å²) in [5.41, 5.74) is 5.09. The highest BCUT2D eigenvalue weighted by Gasteiger charge is 2.11. The van der Waals surface area contributed by atoms with Crippen molar-refractivity contribution in [2.75, 3.05) is 0 Å². The minimum atomic E-state index is 0.0851. The minimum absolute atomic E-state index is 0.0851. The molecule has 0 aromatic heterocycles. The van der Waals surface area contributed by atoms with Gasteiger partial charge in [0.05, 0.1) is 5.02 Å². The van der Waals surface area contributed by atoms with Crippen LogP contribution in [0.3, 0.4) is 0 Å². The minimum Gasteiger partial charge on any atom is -0.271 e. The van der Waals surface area contributed by atoms with Crippen LogP contribution in [0.25, 0.3) is 0 Å². The van der Waals surface area contributed by atoms with Gasteiger partial charge in [-0.3, -0.25) is 11.3 Å². The number of nitrogens with one attached hydrogen (secondary N) is 1. The first kappa shape index (κ1) is 14.0. The average molecular weight is 351 g/mol. The molecule has 0 spiro atoms. The lowest BCUT2D eigenvalue weighted by molar-refractivity contribution is 0.545. The lowest BCUT2D eigenvalue weighted by atomic mass is 9.99. The number of benzene rings is 1. The molecule has 88 valence electrons. The van der Waals surface area contributed by atoms with Crippen molar-refractivity contribution in [3.63, 3.8) is 0 Å². The molecule has 0 amide bonds. The lowest BCUT2D eigenvalue weighted by Gasteiger charge is -2.17. The van der Waals surface area contributed by atoms with Crippen molar-refractivity contribution in [1.29, 1.82) is 0 Å².